The van der Waals surface area contributed by atoms with E-state index in [9.17, 15) is 8.42 Å². The first-order valence-electron chi connectivity index (χ1n) is 6.14. The number of pyridine rings is 1. The number of hydrogen-bond acceptors (Lipinski definition) is 3. The highest BCUT2D eigenvalue weighted by Gasteiger charge is 2.22. The van der Waals surface area contributed by atoms with Crippen molar-refractivity contribution in [3.63, 3.8) is 0 Å². The third kappa shape index (κ3) is 3.55. The van der Waals surface area contributed by atoms with Crippen LogP contribution in [0, 0.1) is 6.92 Å². The Morgan fingerprint density at radius 1 is 1.24 bits per heavy atom. The lowest BCUT2D eigenvalue weighted by Gasteiger charge is -2.18. The summed E-state index contributed by atoms with van der Waals surface area (Å²) in [6.07, 6.45) is 1.21. The van der Waals surface area contributed by atoms with E-state index in [1.54, 1.807) is 0 Å². The molecule has 2 rings (SSSR count). The monoisotopic (exact) mass is 344 g/mol. The molecule has 1 aromatic heterocycles. The van der Waals surface area contributed by atoms with Crippen LogP contribution in [0.1, 0.15) is 11.1 Å². The van der Waals surface area contributed by atoms with Crippen LogP contribution >= 0.6 is 23.2 Å². The van der Waals surface area contributed by atoms with Crippen molar-refractivity contribution in [2.75, 3.05) is 7.05 Å². The van der Waals surface area contributed by atoms with Gasteiger partial charge in [-0.3, -0.25) is 0 Å². The third-order valence-corrected chi connectivity index (χ3v) is 5.59. The highest BCUT2D eigenvalue weighted by molar-refractivity contribution is 7.89. The number of nitrogens with zero attached hydrogens (tertiary/aromatic N) is 2. The summed E-state index contributed by atoms with van der Waals surface area (Å²) in [5.74, 6) is 0. The molecule has 7 heteroatoms. The van der Waals surface area contributed by atoms with Gasteiger partial charge >= 0.3 is 0 Å². The maximum absolute atomic E-state index is 12.5. The quantitative estimate of drug-likeness (QED) is 0.797. The Morgan fingerprint density at radius 2 is 1.90 bits per heavy atom. The Labute approximate surface area is 134 Å². The van der Waals surface area contributed by atoms with Gasteiger partial charge in [-0.05, 0) is 24.1 Å². The molecule has 0 aliphatic heterocycles. The second-order valence-electron chi connectivity index (χ2n) is 4.63. The van der Waals surface area contributed by atoms with E-state index in [1.807, 2.05) is 31.2 Å². The lowest BCUT2D eigenvalue weighted by atomic mass is 10.1. The molecule has 0 atom stereocenters. The Balaban J connectivity index is 2.30. The lowest BCUT2D eigenvalue weighted by Crippen LogP contribution is -2.27. The van der Waals surface area contributed by atoms with Gasteiger partial charge in [0.05, 0.1) is 5.02 Å². The normalized spacial score (nSPS) is 11.9. The van der Waals surface area contributed by atoms with Crippen LogP contribution in [0.15, 0.2) is 41.4 Å². The topological polar surface area (TPSA) is 50.3 Å². The number of sulfonamides is 1. The molecule has 4 nitrogen and oxygen atoms in total. The largest absolute Gasteiger partial charge is 0.244 e. The highest BCUT2D eigenvalue weighted by atomic mass is 35.5. The summed E-state index contributed by atoms with van der Waals surface area (Å²) < 4.78 is 26.3. The van der Waals surface area contributed by atoms with E-state index in [2.05, 4.69) is 4.98 Å². The molecule has 0 radical (unpaired) electrons. The molecule has 21 heavy (non-hydrogen) atoms. The molecule has 0 spiro atoms. The van der Waals surface area contributed by atoms with Gasteiger partial charge in [-0.25, -0.2) is 13.4 Å². The molecular formula is C14H14Cl2N2O2S. The van der Waals surface area contributed by atoms with E-state index in [4.69, 9.17) is 23.2 Å². The number of aromatic nitrogens is 1. The first kappa shape index (κ1) is 16.2. The summed E-state index contributed by atoms with van der Waals surface area (Å²) in [5, 5.41) is 0.194. The van der Waals surface area contributed by atoms with Crippen molar-refractivity contribution in [3.8, 4) is 0 Å². The minimum absolute atomic E-state index is 0.0213. The van der Waals surface area contributed by atoms with Gasteiger partial charge in [0.1, 0.15) is 10.0 Å². The summed E-state index contributed by atoms with van der Waals surface area (Å²) in [7, 11) is -2.15. The summed E-state index contributed by atoms with van der Waals surface area (Å²) >= 11 is 11.5. The molecule has 0 saturated heterocycles. The van der Waals surface area contributed by atoms with Crippen LogP contribution in [0.4, 0.5) is 0 Å². The van der Waals surface area contributed by atoms with E-state index in [0.29, 0.717) is 0 Å². The Hall–Kier alpha value is -1.14. The molecule has 0 aliphatic carbocycles. The fraction of sp³-hybridized carbons (Fsp3) is 0.214. The van der Waals surface area contributed by atoms with Crippen LogP contribution in [0.25, 0.3) is 0 Å². The molecule has 0 saturated carbocycles. The molecule has 1 heterocycles. The molecule has 1 aromatic carbocycles. The molecule has 2 aromatic rings. The van der Waals surface area contributed by atoms with Crippen LogP contribution in [0.2, 0.25) is 10.2 Å². The smallest absolute Gasteiger partial charge is 0.242 e. The van der Waals surface area contributed by atoms with Crippen molar-refractivity contribution >= 4 is 33.2 Å². The first-order chi connectivity index (χ1) is 9.82. The molecular weight excluding hydrogens is 331 g/mol. The average molecular weight is 345 g/mol. The van der Waals surface area contributed by atoms with E-state index in [0.717, 1.165) is 11.1 Å². The second-order valence-corrected chi connectivity index (χ2v) is 7.44. The number of hydrogen-bond donors (Lipinski definition) is 0. The molecule has 112 valence electrons. The van der Waals surface area contributed by atoms with E-state index >= 15 is 0 Å². The molecule has 0 amide bonds. The van der Waals surface area contributed by atoms with Crippen LogP contribution in [-0.4, -0.2) is 24.8 Å². The van der Waals surface area contributed by atoms with Crippen LogP contribution in [-0.2, 0) is 16.6 Å². The number of rotatable bonds is 4. The highest BCUT2D eigenvalue weighted by Crippen LogP contribution is 2.24. The zero-order chi connectivity index (χ0) is 15.6. The summed E-state index contributed by atoms with van der Waals surface area (Å²) in [4.78, 5) is 3.80. The van der Waals surface area contributed by atoms with Crippen LogP contribution < -0.4 is 0 Å². The van der Waals surface area contributed by atoms with Gasteiger partial charge in [0.2, 0.25) is 10.0 Å². The fourth-order valence-electron chi connectivity index (χ4n) is 1.84. The van der Waals surface area contributed by atoms with Gasteiger partial charge in [0.25, 0.3) is 0 Å². The number of benzene rings is 1. The average Bonchev–Trinajstić information content (AvgIpc) is 2.44. The Bertz CT molecular complexity index is 763. The SMILES string of the molecule is Cc1ccccc1CN(C)S(=O)(=O)c1cnc(Cl)c(Cl)c1. The standard InChI is InChI=1S/C14H14Cl2N2O2S/c1-10-5-3-4-6-11(10)9-18(2)21(19,20)12-7-13(15)14(16)17-8-12/h3-8H,9H2,1-2H3. The molecule has 0 N–H and O–H groups in total. The van der Waals surface area contributed by atoms with Crippen molar-refractivity contribution in [2.45, 2.75) is 18.4 Å². The molecule has 0 aliphatic rings. The lowest BCUT2D eigenvalue weighted by molar-refractivity contribution is 0.465. The number of aryl methyl sites for hydroxylation is 1. The van der Waals surface area contributed by atoms with E-state index < -0.39 is 10.0 Å². The summed E-state index contributed by atoms with van der Waals surface area (Å²) in [6, 6.07) is 8.94. The van der Waals surface area contributed by atoms with Gasteiger partial charge in [0.15, 0.2) is 0 Å². The first-order valence-corrected chi connectivity index (χ1v) is 8.34. The van der Waals surface area contributed by atoms with Crippen molar-refractivity contribution in [2.24, 2.45) is 0 Å². The zero-order valence-electron chi connectivity index (χ0n) is 11.5. The number of halogens is 2. The van der Waals surface area contributed by atoms with Crippen molar-refractivity contribution in [1.29, 1.82) is 0 Å². The van der Waals surface area contributed by atoms with Gasteiger partial charge in [-0.1, -0.05) is 47.5 Å². The van der Waals surface area contributed by atoms with Crippen molar-refractivity contribution < 1.29 is 8.42 Å². The van der Waals surface area contributed by atoms with Gasteiger partial charge in [0, 0.05) is 19.8 Å². The van der Waals surface area contributed by atoms with E-state index in [1.165, 1.54) is 23.6 Å². The second kappa shape index (κ2) is 6.32. The fourth-order valence-corrected chi connectivity index (χ4v) is 3.29. The summed E-state index contributed by atoms with van der Waals surface area (Å²) in [5.41, 5.74) is 1.98. The Morgan fingerprint density at radius 3 is 2.52 bits per heavy atom. The maximum Gasteiger partial charge on any atom is 0.244 e. The van der Waals surface area contributed by atoms with Crippen LogP contribution in [0.3, 0.4) is 0 Å². The minimum atomic E-state index is -3.67. The third-order valence-electron chi connectivity index (χ3n) is 3.13. The zero-order valence-corrected chi connectivity index (χ0v) is 13.9. The van der Waals surface area contributed by atoms with Gasteiger partial charge < -0.3 is 0 Å². The summed E-state index contributed by atoms with van der Waals surface area (Å²) in [6.45, 7) is 2.21. The van der Waals surface area contributed by atoms with Crippen molar-refractivity contribution in [3.05, 3.63) is 57.8 Å². The minimum Gasteiger partial charge on any atom is -0.242 e. The predicted molar refractivity (Wildman–Crippen MR) is 84.1 cm³/mol. The van der Waals surface area contributed by atoms with E-state index in [-0.39, 0.29) is 21.6 Å². The van der Waals surface area contributed by atoms with Gasteiger partial charge in [-0.15, -0.1) is 0 Å². The molecule has 0 fully saturated rings. The van der Waals surface area contributed by atoms with Gasteiger partial charge in [-0.2, -0.15) is 4.31 Å². The van der Waals surface area contributed by atoms with Crippen LogP contribution in [0.5, 0.6) is 0 Å². The maximum atomic E-state index is 12.5. The van der Waals surface area contributed by atoms with Crippen molar-refractivity contribution in [1.82, 2.24) is 9.29 Å². The molecule has 0 bridgehead atoms. The Kier molecular flexibility index (Phi) is 4.88. The predicted octanol–water partition coefficient (Wildman–Crippen LogP) is 3.52. The molecule has 0 unspecified atom stereocenters.